The van der Waals surface area contributed by atoms with Gasteiger partial charge in [0.1, 0.15) is 5.75 Å². The van der Waals surface area contributed by atoms with Gasteiger partial charge in [0.25, 0.3) is 0 Å². The van der Waals surface area contributed by atoms with Crippen LogP contribution in [0.3, 0.4) is 0 Å². The second-order valence-corrected chi connectivity index (χ2v) is 3.92. The van der Waals surface area contributed by atoms with E-state index in [1.807, 2.05) is 6.08 Å². The van der Waals surface area contributed by atoms with Crippen molar-refractivity contribution in [3.05, 3.63) is 35.4 Å². The third-order valence-corrected chi connectivity index (χ3v) is 2.64. The average Bonchev–Trinajstić information content (AvgIpc) is 2.36. The number of allylic oxidation sites excluding steroid dienone is 2. The van der Waals surface area contributed by atoms with E-state index >= 15 is 0 Å². The van der Waals surface area contributed by atoms with Crippen LogP contribution in [0.15, 0.2) is 24.3 Å². The van der Waals surface area contributed by atoms with Gasteiger partial charge in [0.05, 0.1) is 11.6 Å². The molecule has 1 aromatic rings. The molecule has 0 atom stereocenters. The van der Waals surface area contributed by atoms with E-state index in [2.05, 4.69) is 13.0 Å². The Bertz CT molecular complexity index is 444. The van der Waals surface area contributed by atoms with Crippen molar-refractivity contribution in [3.8, 4) is 11.8 Å². The zero-order valence-corrected chi connectivity index (χ0v) is 10.1. The molecule has 0 saturated carbocycles. The van der Waals surface area contributed by atoms with Crippen molar-refractivity contribution < 1.29 is 5.11 Å². The first kappa shape index (κ1) is 13.3. The van der Waals surface area contributed by atoms with Gasteiger partial charge >= 0.3 is 0 Å². The SMILES string of the molecule is CCCCC=C(C#N)c1ccc(O)c(CN)c1. The quantitative estimate of drug-likeness (QED) is 0.603. The Morgan fingerprint density at radius 2 is 2.29 bits per heavy atom. The Balaban J connectivity index is 2.97. The highest BCUT2D eigenvalue weighted by molar-refractivity contribution is 5.77. The van der Waals surface area contributed by atoms with Crippen LogP contribution >= 0.6 is 0 Å². The highest BCUT2D eigenvalue weighted by atomic mass is 16.3. The molecule has 0 bridgehead atoms. The van der Waals surface area contributed by atoms with Crippen molar-refractivity contribution in [1.29, 1.82) is 5.26 Å². The Morgan fingerprint density at radius 3 is 2.88 bits per heavy atom. The van der Waals surface area contributed by atoms with Gasteiger partial charge in [-0.15, -0.1) is 0 Å². The number of phenolic OH excluding ortho intramolecular Hbond substituents is 1. The van der Waals surface area contributed by atoms with Gasteiger partial charge in [-0.05, 0) is 30.2 Å². The number of benzene rings is 1. The van der Waals surface area contributed by atoms with E-state index in [-0.39, 0.29) is 12.3 Å². The minimum atomic E-state index is 0.182. The maximum atomic E-state index is 9.52. The number of rotatable bonds is 5. The highest BCUT2D eigenvalue weighted by Gasteiger charge is 2.04. The zero-order chi connectivity index (χ0) is 12.7. The molecular weight excluding hydrogens is 212 g/mol. The molecule has 3 N–H and O–H groups in total. The third-order valence-electron chi connectivity index (χ3n) is 2.64. The summed E-state index contributed by atoms with van der Waals surface area (Å²) in [4.78, 5) is 0. The molecule has 0 aliphatic carbocycles. The molecule has 0 unspecified atom stereocenters. The molecule has 0 heterocycles. The first-order valence-corrected chi connectivity index (χ1v) is 5.85. The molecule has 0 amide bonds. The maximum absolute atomic E-state index is 9.52. The first-order chi connectivity index (χ1) is 8.22. The lowest BCUT2D eigenvalue weighted by Gasteiger charge is -2.05. The van der Waals surface area contributed by atoms with Crippen molar-refractivity contribution >= 4 is 5.57 Å². The van der Waals surface area contributed by atoms with Crippen LogP contribution in [-0.2, 0) is 6.54 Å². The largest absolute Gasteiger partial charge is 0.508 e. The fraction of sp³-hybridized carbons (Fsp3) is 0.357. The summed E-state index contributed by atoms with van der Waals surface area (Å²) in [6.45, 7) is 2.39. The maximum Gasteiger partial charge on any atom is 0.120 e. The summed E-state index contributed by atoms with van der Waals surface area (Å²) < 4.78 is 0. The first-order valence-electron chi connectivity index (χ1n) is 5.85. The molecule has 90 valence electrons. The molecular formula is C14H18N2O. The fourth-order valence-electron chi connectivity index (χ4n) is 1.60. The van der Waals surface area contributed by atoms with Gasteiger partial charge < -0.3 is 10.8 Å². The lowest BCUT2D eigenvalue weighted by molar-refractivity contribution is 0.468. The molecule has 1 aromatic carbocycles. The molecule has 3 heteroatoms. The predicted octanol–water partition coefficient (Wildman–Crippen LogP) is 2.95. The number of nitrogens with zero attached hydrogens (tertiary/aromatic N) is 1. The van der Waals surface area contributed by atoms with E-state index in [0.29, 0.717) is 11.1 Å². The predicted molar refractivity (Wildman–Crippen MR) is 69.1 cm³/mol. The molecule has 0 aliphatic heterocycles. The van der Waals surface area contributed by atoms with E-state index in [9.17, 15) is 5.11 Å². The van der Waals surface area contributed by atoms with Crippen molar-refractivity contribution in [2.45, 2.75) is 32.7 Å². The summed E-state index contributed by atoms with van der Waals surface area (Å²) >= 11 is 0. The number of nitrogens with two attached hydrogens (primary N) is 1. The topological polar surface area (TPSA) is 70.0 Å². The summed E-state index contributed by atoms with van der Waals surface area (Å²) in [5.74, 6) is 0.182. The van der Waals surface area contributed by atoms with Crippen molar-refractivity contribution in [1.82, 2.24) is 0 Å². The van der Waals surface area contributed by atoms with Gasteiger partial charge in [-0.1, -0.05) is 25.8 Å². The van der Waals surface area contributed by atoms with Crippen LogP contribution < -0.4 is 5.73 Å². The Hall–Kier alpha value is -1.79. The number of phenols is 1. The van der Waals surface area contributed by atoms with Crippen molar-refractivity contribution in [3.63, 3.8) is 0 Å². The molecule has 0 saturated heterocycles. The monoisotopic (exact) mass is 230 g/mol. The number of hydrogen-bond acceptors (Lipinski definition) is 3. The Labute approximate surface area is 102 Å². The van der Waals surface area contributed by atoms with Crippen LogP contribution in [0.5, 0.6) is 5.75 Å². The fourth-order valence-corrected chi connectivity index (χ4v) is 1.60. The Morgan fingerprint density at radius 1 is 1.53 bits per heavy atom. The number of nitriles is 1. The average molecular weight is 230 g/mol. The smallest absolute Gasteiger partial charge is 0.120 e. The van der Waals surface area contributed by atoms with E-state index in [0.717, 1.165) is 24.8 Å². The molecule has 3 nitrogen and oxygen atoms in total. The van der Waals surface area contributed by atoms with Crippen LogP contribution in [0.2, 0.25) is 0 Å². The standard InChI is InChI=1S/C14H18N2O/c1-2-3-4-5-12(9-15)11-6-7-14(17)13(8-11)10-16/h5-8,17H,2-4,10,16H2,1H3. The minimum absolute atomic E-state index is 0.182. The third kappa shape index (κ3) is 3.61. The zero-order valence-electron chi connectivity index (χ0n) is 10.1. The molecule has 0 spiro atoms. The van der Waals surface area contributed by atoms with Gasteiger partial charge in [0, 0.05) is 12.1 Å². The molecule has 0 radical (unpaired) electrons. The second kappa shape index (κ2) is 6.72. The molecule has 0 aliphatic rings. The molecule has 1 rings (SSSR count). The minimum Gasteiger partial charge on any atom is -0.508 e. The summed E-state index contributed by atoms with van der Waals surface area (Å²) in [6, 6.07) is 7.29. The van der Waals surface area contributed by atoms with Crippen LogP contribution in [0.1, 0.15) is 37.3 Å². The summed E-state index contributed by atoms with van der Waals surface area (Å²) in [5.41, 5.74) is 7.65. The number of aromatic hydroxyl groups is 1. The normalized spacial score (nSPS) is 11.2. The van der Waals surface area contributed by atoms with E-state index in [4.69, 9.17) is 11.0 Å². The van der Waals surface area contributed by atoms with Crippen LogP contribution in [0.4, 0.5) is 0 Å². The van der Waals surface area contributed by atoms with E-state index < -0.39 is 0 Å². The van der Waals surface area contributed by atoms with Crippen LogP contribution in [-0.4, -0.2) is 5.11 Å². The summed E-state index contributed by atoms with van der Waals surface area (Å²) in [6.07, 6.45) is 5.03. The Kier molecular flexibility index (Phi) is 5.25. The van der Waals surface area contributed by atoms with E-state index in [1.165, 1.54) is 0 Å². The molecule has 17 heavy (non-hydrogen) atoms. The number of unbranched alkanes of at least 4 members (excludes halogenated alkanes) is 2. The van der Waals surface area contributed by atoms with Gasteiger partial charge in [-0.3, -0.25) is 0 Å². The van der Waals surface area contributed by atoms with Gasteiger partial charge in [0.2, 0.25) is 0 Å². The van der Waals surface area contributed by atoms with Gasteiger partial charge in [0.15, 0.2) is 0 Å². The lowest BCUT2D eigenvalue weighted by Crippen LogP contribution is -1.97. The van der Waals surface area contributed by atoms with Gasteiger partial charge in [-0.25, -0.2) is 0 Å². The molecule has 0 aromatic heterocycles. The van der Waals surface area contributed by atoms with Crippen LogP contribution in [0.25, 0.3) is 5.57 Å². The molecule has 0 fully saturated rings. The summed E-state index contributed by atoms with van der Waals surface area (Å²) in [5, 5.41) is 18.6. The highest BCUT2D eigenvalue weighted by Crippen LogP contribution is 2.23. The van der Waals surface area contributed by atoms with Crippen LogP contribution in [0, 0.1) is 11.3 Å². The lowest BCUT2D eigenvalue weighted by atomic mass is 10.0. The second-order valence-electron chi connectivity index (χ2n) is 3.92. The van der Waals surface area contributed by atoms with Crippen molar-refractivity contribution in [2.24, 2.45) is 5.73 Å². The van der Waals surface area contributed by atoms with Crippen molar-refractivity contribution in [2.75, 3.05) is 0 Å². The summed E-state index contributed by atoms with van der Waals surface area (Å²) in [7, 11) is 0. The van der Waals surface area contributed by atoms with Gasteiger partial charge in [-0.2, -0.15) is 5.26 Å². The number of hydrogen-bond donors (Lipinski definition) is 2. The van der Waals surface area contributed by atoms with E-state index in [1.54, 1.807) is 18.2 Å².